The first-order chi connectivity index (χ1) is 13.8. The molecule has 0 amide bonds. The van der Waals surface area contributed by atoms with Crippen molar-refractivity contribution in [3.63, 3.8) is 0 Å². The lowest BCUT2D eigenvalue weighted by atomic mass is 10.1. The minimum absolute atomic E-state index is 0.0395. The molecule has 0 saturated carbocycles. The third-order valence-electron chi connectivity index (χ3n) is 5.50. The summed E-state index contributed by atoms with van der Waals surface area (Å²) < 4.78 is 5.87. The van der Waals surface area contributed by atoms with Crippen molar-refractivity contribution in [3.05, 3.63) is 0 Å². The molecule has 3 heteroatoms. The van der Waals surface area contributed by atoms with E-state index in [1.54, 1.807) is 0 Å². The molecule has 0 aromatic heterocycles. The van der Waals surface area contributed by atoms with Crippen molar-refractivity contribution in [1.29, 1.82) is 0 Å². The van der Waals surface area contributed by atoms with Gasteiger partial charge in [0, 0.05) is 12.4 Å². The lowest BCUT2D eigenvalue weighted by Gasteiger charge is -2.15. The Bertz CT molecular complexity index is 273. The van der Waals surface area contributed by atoms with Crippen LogP contribution in [0, 0.1) is 0 Å². The molecule has 1 atom stereocenters. The van der Waals surface area contributed by atoms with Gasteiger partial charge in [-0.1, -0.05) is 117 Å². The monoisotopic (exact) mass is 416 g/mol. The first kappa shape index (κ1) is 28.3. The van der Waals surface area contributed by atoms with E-state index in [-0.39, 0.29) is 12.7 Å². The molecule has 0 aromatic rings. The van der Waals surface area contributed by atoms with Crippen LogP contribution in [0.2, 0.25) is 0 Å². The summed E-state index contributed by atoms with van der Waals surface area (Å²) in [6, 6.07) is 0. The molecule has 0 aliphatic heterocycles. The maximum Gasteiger partial charge on any atom is 0.0895 e. The van der Waals surface area contributed by atoms with E-state index in [0.717, 1.165) is 18.8 Å². The van der Waals surface area contributed by atoms with Gasteiger partial charge >= 0.3 is 0 Å². The Morgan fingerprint density at radius 1 is 0.607 bits per heavy atom. The zero-order valence-corrected chi connectivity index (χ0v) is 20.2. The highest BCUT2D eigenvalue weighted by molar-refractivity contribution is 7.99. The van der Waals surface area contributed by atoms with Gasteiger partial charge in [-0.25, -0.2) is 0 Å². The van der Waals surface area contributed by atoms with Crippen LogP contribution in [0.1, 0.15) is 129 Å². The molecule has 2 nitrogen and oxygen atoms in total. The van der Waals surface area contributed by atoms with Crippen LogP contribution in [0.15, 0.2) is 0 Å². The van der Waals surface area contributed by atoms with E-state index < -0.39 is 0 Å². The van der Waals surface area contributed by atoms with Crippen molar-refractivity contribution in [2.75, 3.05) is 24.7 Å². The average Bonchev–Trinajstić information content (AvgIpc) is 2.71. The fourth-order valence-corrected chi connectivity index (χ4v) is 4.59. The van der Waals surface area contributed by atoms with Gasteiger partial charge in [0.2, 0.25) is 0 Å². The number of unbranched alkanes of at least 4 members (excludes halogenated alkanes) is 16. The lowest BCUT2D eigenvalue weighted by molar-refractivity contribution is 0.0260. The summed E-state index contributed by atoms with van der Waals surface area (Å²) in [5.41, 5.74) is 0. The third kappa shape index (κ3) is 22.6. The van der Waals surface area contributed by atoms with Crippen LogP contribution < -0.4 is 0 Å². The van der Waals surface area contributed by atoms with Crippen molar-refractivity contribution in [1.82, 2.24) is 0 Å². The van der Waals surface area contributed by atoms with Gasteiger partial charge < -0.3 is 9.84 Å². The third-order valence-corrected chi connectivity index (χ3v) is 6.69. The number of thioether (sulfide) groups is 1. The zero-order chi connectivity index (χ0) is 20.5. The summed E-state index contributed by atoms with van der Waals surface area (Å²) in [5, 5.41) is 9.49. The lowest BCUT2D eigenvalue weighted by Crippen LogP contribution is -2.21. The van der Waals surface area contributed by atoms with Crippen molar-refractivity contribution in [2.24, 2.45) is 0 Å². The molecule has 0 radical (unpaired) electrons. The summed E-state index contributed by atoms with van der Waals surface area (Å²) in [5.74, 6) is 2.17. The molecule has 0 aromatic carbocycles. The smallest absolute Gasteiger partial charge is 0.0895 e. The predicted octanol–water partition coefficient (Wildman–Crippen LogP) is 8.16. The molecule has 0 aliphatic carbocycles. The van der Waals surface area contributed by atoms with Crippen LogP contribution >= 0.6 is 11.8 Å². The fourth-order valence-electron chi connectivity index (χ4n) is 3.55. The van der Waals surface area contributed by atoms with E-state index in [2.05, 4.69) is 13.8 Å². The molecule has 28 heavy (non-hydrogen) atoms. The van der Waals surface area contributed by atoms with Crippen LogP contribution in [-0.2, 0) is 4.74 Å². The minimum Gasteiger partial charge on any atom is -0.394 e. The van der Waals surface area contributed by atoms with Crippen molar-refractivity contribution < 1.29 is 9.84 Å². The van der Waals surface area contributed by atoms with Gasteiger partial charge in [0.25, 0.3) is 0 Å². The number of aliphatic hydroxyl groups is 1. The highest BCUT2D eigenvalue weighted by Gasteiger charge is 2.07. The zero-order valence-electron chi connectivity index (χ0n) is 19.4. The molecule has 0 aliphatic rings. The number of hydrogen-bond donors (Lipinski definition) is 1. The normalized spacial score (nSPS) is 12.5. The number of ether oxygens (including phenoxy) is 1. The maximum atomic E-state index is 9.49. The standard InChI is InChI=1S/C25H52O2S/c1-3-5-7-9-11-13-14-16-18-20-22-28-24-25(23-26)27-21-19-17-15-12-10-8-6-4-2/h25-26H,3-24H2,1-2H3. The molecule has 0 bridgehead atoms. The van der Waals surface area contributed by atoms with E-state index in [4.69, 9.17) is 4.74 Å². The Morgan fingerprint density at radius 3 is 1.50 bits per heavy atom. The fraction of sp³-hybridized carbons (Fsp3) is 1.00. The van der Waals surface area contributed by atoms with Gasteiger partial charge in [0.15, 0.2) is 0 Å². The van der Waals surface area contributed by atoms with Crippen molar-refractivity contribution in [2.45, 2.75) is 136 Å². The molecule has 0 heterocycles. The molecular formula is C25H52O2S. The highest BCUT2D eigenvalue weighted by atomic mass is 32.2. The van der Waals surface area contributed by atoms with E-state index in [1.807, 2.05) is 11.8 Å². The van der Waals surface area contributed by atoms with Crippen LogP contribution in [0.25, 0.3) is 0 Å². The second kappa shape index (κ2) is 25.3. The predicted molar refractivity (Wildman–Crippen MR) is 129 cm³/mol. The van der Waals surface area contributed by atoms with Gasteiger partial charge in [0.1, 0.15) is 0 Å². The SMILES string of the molecule is CCCCCCCCCCCCSCC(CO)OCCCCCCCCCC. The van der Waals surface area contributed by atoms with Crippen LogP contribution in [0.3, 0.4) is 0 Å². The summed E-state index contributed by atoms with van der Waals surface area (Å²) in [4.78, 5) is 0. The topological polar surface area (TPSA) is 29.5 Å². The Morgan fingerprint density at radius 2 is 1.04 bits per heavy atom. The summed E-state index contributed by atoms with van der Waals surface area (Å²) in [6.07, 6.45) is 24.7. The second-order valence-corrected chi connectivity index (χ2v) is 9.56. The minimum atomic E-state index is 0.0395. The summed E-state index contributed by atoms with van der Waals surface area (Å²) >= 11 is 1.96. The van der Waals surface area contributed by atoms with Crippen LogP contribution in [0.4, 0.5) is 0 Å². The quantitative estimate of drug-likeness (QED) is 0.161. The van der Waals surface area contributed by atoms with Gasteiger partial charge in [-0.15, -0.1) is 0 Å². The van der Waals surface area contributed by atoms with Gasteiger partial charge in [-0.05, 0) is 18.6 Å². The summed E-state index contributed by atoms with van der Waals surface area (Å²) in [7, 11) is 0. The molecule has 0 rings (SSSR count). The van der Waals surface area contributed by atoms with Crippen LogP contribution in [0.5, 0.6) is 0 Å². The molecule has 0 fully saturated rings. The van der Waals surface area contributed by atoms with E-state index in [9.17, 15) is 5.11 Å². The van der Waals surface area contributed by atoms with Gasteiger partial charge in [0.05, 0.1) is 12.7 Å². The van der Waals surface area contributed by atoms with Crippen molar-refractivity contribution >= 4 is 11.8 Å². The number of aliphatic hydroxyl groups excluding tert-OH is 1. The van der Waals surface area contributed by atoms with Gasteiger partial charge in [-0.3, -0.25) is 0 Å². The first-order valence-corrected chi connectivity index (χ1v) is 13.8. The molecule has 0 saturated heterocycles. The van der Waals surface area contributed by atoms with Crippen molar-refractivity contribution in [3.8, 4) is 0 Å². The molecular weight excluding hydrogens is 364 g/mol. The maximum absolute atomic E-state index is 9.49. The van der Waals surface area contributed by atoms with Gasteiger partial charge in [-0.2, -0.15) is 11.8 Å². The largest absolute Gasteiger partial charge is 0.394 e. The molecule has 0 spiro atoms. The highest BCUT2D eigenvalue weighted by Crippen LogP contribution is 2.14. The van der Waals surface area contributed by atoms with E-state index >= 15 is 0 Å². The molecule has 170 valence electrons. The number of rotatable bonds is 24. The molecule has 1 unspecified atom stereocenters. The Balaban J connectivity index is 3.27. The van der Waals surface area contributed by atoms with E-state index in [1.165, 1.54) is 115 Å². The molecule has 1 N–H and O–H groups in total. The Kier molecular flexibility index (Phi) is 25.6. The average molecular weight is 417 g/mol. The Labute approximate surface area is 182 Å². The summed E-state index contributed by atoms with van der Waals surface area (Å²) in [6.45, 7) is 5.54. The van der Waals surface area contributed by atoms with E-state index in [0.29, 0.717) is 0 Å². The number of hydrogen-bond acceptors (Lipinski definition) is 3. The second-order valence-electron chi connectivity index (χ2n) is 8.41. The first-order valence-electron chi connectivity index (χ1n) is 12.6. The van der Waals surface area contributed by atoms with Crippen LogP contribution in [-0.4, -0.2) is 35.9 Å². The Hall–Kier alpha value is 0.270.